The van der Waals surface area contributed by atoms with Gasteiger partial charge in [-0.05, 0) is 54.6 Å². The lowest BCUT2D eigenvalue weighted by Gasteiger charge is -2.14. The van der Waals surface area contributed by atoms with Crippen molar-refractivity contribution >= 4 is 63.4 Å². The molecule has 3 amide bonds. The first-order valence-corrected chi connectivity index (χ1v) is 11.7. The summed E-state index contributed by atoms with van der Waals surface area (Å²) in [5.74, 6) is -0.765. The number of phenols is 1. The summed E-state index contributed by atoms with van der Waals surface area (Å²) in [7, 11) is 0. The number of aromatic hydroxyl groups is 1. The zero-order chi connectivity index (χ0) is 22.2. The van der Waals surface area contributed by atoms with E-state index in [1.165, 1.54) is 36.0 Å². The van der Waals surface area contributed by atoms with Crippen LogP contribution >= 0.6 is 35.3 Å². The van der Waals surface area contributed by atoms with Crippen molar-refractivity contribution in [2.24, 2.45) is 0 Å². The molecule has 162 valence electrons. The Balaban J connectivity index is 1.33. The number of hydrogen-bond acceptors (Lipinski definition) is 7. The standard InChI is InChI=1S/C21H21N3O4S3/c25-15-9-7-14(8-10-15)19(27)23-22-18(26)6-2-1-3-11-24-20(28)17(31-21(24)29)13-16-5-4-12-30-16/h4-5,7-10,12-13,25H,1-3,6,11H2,(H,22,26)(H,23,27)/b17-13-. The van der Waals surface area contributed by atoms with Crippen LogP contribution in [0.2, 0.25) is 0 Å². The van der Waals surface area contributed by atoms with Crippen LogP contribution in [0.4, 0.5) is 0 Å². The highest BCUT2D eigenvalue weighted by Gasteiger charge is 2.31. The van der Waals surface area contributed by atoms with Crippen LogP contribution in [0.25, 0.3) is 6.08 Å². The van der Waals surface area contributed by atoms with Gasteiger partial charge >= 0.3 is 0 Å². The second kappa shape index (κ2) is 11.1. The first kappa shape index (κ1) is 23.0. The van der Waals surface area contributed by atoms with Crippen LogP contribution in [-0.4, -0.2) is 38.6 Å². The van der Waals surface area contributed by atoms with E-state index in [2.05, 4.69) is 10.9 Å². The fourth-order valence-electron chi connectivity index (χ4n) is 2.80. The Morgan fingerprint density at radius 2 is 1.87 bits per heavy atom. The number of thiocarbonyl (C=S) groups is 1. The molecule has 7 nitrogen and oxygen atoms in total. The molecule has 1 fully saturated rings. The molecular weight excluding hydrogens is 454 g/mol. The molecule has 0 spiro atoms. The van der Waals surface area contributed by atoms with Crippen molar-refractivity contribution in [2.75, 3.05) is 6.54 Å². The van der Waals surface area contributed by atoms with Crippen molar-refractivity contribution < 1.29 is 19.5 Å². The van der Waals surface area contributed by atoms with Gasteiger partial charge in [-0.3, -0.25) is 30.1 Å². The number of thioether (sulfide) groups is 1. The minimum Gasteiger partial charge on any atom is -0.508 e. The van der Waals surface area contributed by atoms with Crippen molar-refractivity contribution in [1.29, 1.82) is 0 Å². The highest BCUT2D eigenvalue weighted by molar-refractivity contribution is 8.26. The zero-order valence-electron chi connectivity index (χ0n) is 16.5. The van der Waals surface area contributed by atoms with Crippen molar-refractivity contribution in [3.63, 3.8) is 0 Å². The SMILES string of the molecule is O=C(CCCCCN1C(=O)/C(=C/c2cccs2)SC1=S)NNC(=O)c1ccc(O)cc1. The van der Waals surface area contributed by atoms with Crippen molar-refractivity contribution in [3.05, 3.63) is 57.1 Å². The zero-order valence-corrected chi connectivity index (χ0v) is 18.9. The Labute approximate surface area is 193 Å². The lowest BCUT2D eigenvalue weighted by Crippen LogP contribution is -2.41. The van der Waals surface area contributed by atoms with E-state index in [0.717, 1.165) is 17.7 Å². The van der Waals surface area contributed by atoms with Crippen LogP contribution in [0.15, 0.2) is 46.7 Å². The van der Waals surface area contributed by atoms with E-state index in [1.807, 2.05) is 23.6 Å². The van der Waals surface area contributed by atoms with Gasteiger partial charge in [0.2, 0.25) is 5.91 Å². The van der Waals surface area contributed by atoms with Gasteiger partial charge in [-0.1, -0.05) is 36.5 Å². The number of carbonyl (C=O) groups is 3. The number of nitrogens with one attached hydrogen (secondary N) is 2. The number of phenolic OH excluding ortho intramolecular Hbond substituents is 1. The molecule has 1 aliphatic heterocycles. The largest absolute Gasteiger partial charge is 0.508 e. The molecule has 0 unspecified atom stereocenters. The van der Waals surface area contributed by atoms with Crippen LogP contribution in [0.3, 0.4) is 0 Å². The second-order valence-corrected chi connectivity index (χ2v) is 9.36. The van der Waals surface area contributed by atoms with E-state index < -0.39 is 5.91 Å². The van der Waals surface area contributed by atoms with Crippen LogP contribution in [0.5, 0.6) is 5.75 Å². The summed E-state index contributed by atoms with van der Waals surface area (Å²) in [5.41, 5.74) is 5.04. The van der Waals surface area contributed by atoms with Gasteiger partial charge in [0, 0.05) is 23.4 Å². The number of carbonyl (C=O) groups excluding carboxylic acids is 3. The second-order valence-electron chi connectivity index (χ2n) is 6.71. The topological polar surface area (TPSA) is 98.7 Å². The first-order valence-electron chi connectivity index (χ1n) is 9.61. The normalized spacial score (nSPS) is 14.8. The average molecular weight is 476 g/mol. The number of rotatable bonds is 8. The number of benzene rings is 1. The Morgan fingerprint density at radius 1 is 1.10 bits per heavy atom. The van der Waals surface area contributed by atoms with E-state index >= 15 is 0 Å². The maximum Gasteiger partial charge on any atom is 0.269 e. The number of thiophene rings is 1. The van der Waals surface area contributed by atoms with E-state index in [0.29, 0.717) is 27.8 Å². The molecule has 0 bridgehead atoms. The van der Waals surface area contributed by atoms with Gasteiger partial charge in [0.1, 0.15) is 10.1 Å². The lowest BCUT2D eigenvalue weighted by atomic mass is 10.2. The minimum absolute atomic E-state index is 0.0605. The number of hydrogen-bond donors (Lipinski definition) is 3. The van der Waals surface area contributed by atoms with Gasteiger partial charge < -0.3 is 5.11 Å². The molecule has 0 atom stereocenters. The summed E-state index contributed by atoms with van der Waals surface area (Å²) >= 11 is 8.21. The average Bonchev–Trinajstić information content (AvgIpc) is 3.35. The number of amides is 3. The predicted molar refractivity (Wildman–Crippen MR) is 126 cm³/mol. The molecule has 1 aromatic heterocycles. The van der Waals surface area contributed by atoms with Gasteiger partial charge in [-0.25, -0.2) is 0 Å². The molecule has 0 saturated carbocycles. The van der Waals surface area contributed by atoms with Gasteiger partial charge in [0.25, 0.3) is 11.8 Å². The third-order valence-corrected chi connectivity index (χ3v) is 6.62. The van der Waals surface area contributed by atoms with E-state index in [4.69, 9.17) is 12.2 Å². The molecule has 1 aromatic carbocycles. The van der Waals surface area contributed by atoms with Crippen molar-refractivity contribution in [3.8, 4) is 5.75 Å². The minimum atomic E-state index is -0.460. The summed E-state index contributed by atoms with van der Waals surface area (Å²) < 4.78 is 0.558. The summed E-state index contributed by atoms with van der Waals surface area (Å²) in [6, 6.07) is 9.60. The monoisotopic (exact) mass is 475 g/mol. The third-order valence-electron chi connectivity index (χ3n) is 4.42. The van der Waals surface area contributed by atoms with Gasteiger partial charge in [0.05, 0.1) is 4.91 Å². The van der Waals surface area contributed by atoms with Crippen LogP contribution in [0.1, 0.15) is 40.9 Å². The quantitative estimate of drug-likeness (QED) is 0.233. The Morgan fingerprint density at radius 3 is 2.58 bits per heavy atom. The molecule has 3 N–H and O–H groups in total. The Hall–Kier alpha value is -2.69. The Kier molecular flexibility index (Phi) is 8.21. The van der Waals surface area contributed by atoms with Crippen molar-refractivity contribution in [1.82, 2.24) is 15.8 Å². The molecule has 2 heterocycles. The molecule has 31 heavy (non-hydrogen) atoms. The smallest absolute Gasteiger partial charge is 0.269 e. The molecule has 1 saturated heterocycles. The van der Waals surface area contributed by atoms with Crippen molar-refractivity contribution in [2.45, 2.75) is 25.7 Å². The van der Waals surface area contributed by atoms with Crippen LogP contribution in [0, 0.1) is 0 Å². The molecule has 1 aliphatic rings. The molecule has 10 heteroatoms. The highest BCUT2D eigenvalue weighted by Crippen LogP contribution is 2.33. The van der Waals surface area contributed by atoms with Crippen LogP contribution in [-0.2, 0) is 9.59 Å². The predicted octanol–water partition coefficient (Wildman–Crippen LogP) is 3.68. The Bertz CT molecular complexity index is 988. The summed E-state index contributed by atoms with van der Waals surface area (Å²) in [5, 5.41) is 11.2. The summed E-state index contributed by atoms with van der Waals surface area (Å²) in [4.78, 5) is 39.6. The van der Waals surface area contributed by atoms with Gasteiger partial charge in [0.15, 0.2) is 0 Å². The number of hydrazine groups is 1. The van der Waals surface area contributed by atoms with E-state index in [9.17, 15) is 19.5 Å². The maximum absolute atomic E-state index is 12.5. The molecule has 2 aromatic rings. The number of nitrogens with zero attached hydrogens (tertiary/aromatic N) is 1. The van der Waals surface area contributed by atoms with E-state index in [-0.39, 0.29) is 24.0 Å². The lowest BCUT2D eigenvalue weighted by molar-refractivity contribution is -0.123. The molecule has 3 rings (SSSR count). The van der Waals surface area contributed by atoms with Crippen LogP contribution < -0.4 is 10.9 Å². The molecule has 0 aliphatic carbocycles. The molecule has 0 radical (unpaired) electrons. The fraction of sp³-hybridized carbons (Fsp3) is 0.238. The third kappa shape index (κ3) is 6.65. The van der Waals surface area contributed by atoms with Gasteiger partial charge in [-0.15, -0.1) is 11.3 Å². The first-order chi connectivity index (χ1) is 14.9. The number of unbranched alkanes of at least 4 members (excludes halogenated alkanes) is 2. The fourth-order valence-corrected chi connectivity index (χ4v) is 4.83. The van der Waals surface area contributed by atoms with E-state index in [1.54, 1.807) is 16.2 Å². The van der Waals surface area contributed by atoms with Gasteiger partial charge in [-0.2, -0.15) is 0 Å². The summed E-state index contributed by atoms with van der Waals surface area (Å²) in [6.45, 7) is 0.519. The summed E-state index contributed by atoms with van der Waals surface area (Å²) in [6.07, 6.45) is 4.22. The highest BCUT2D eigenvalue weighted by atomic mass is 32.2. The maximum atomic E-state index is 12.5. The molecular formula is C21H21N3O4S3.